The fourth-order valence-electron chi connectivity index (χ4n) is 3.08. The molecule has 2 heterocycles. The molecule has 3 rings (SSSR count). The van der Waals surface area contributed by atoms with Crippen LogP contribution in [0.1, 0.15) is 44.9 Å². The molecule has 1 atom stereocenters. The van der Waals surface area contributed by atoms with Gasteiger partial charge in [0.15, 0.2) is 0 Å². The molecule has 1 aromatic carbocycles. The highest BCUT2D eigenvalue weighted by molar-refractivity contribution is 6.11. The Hall–Kier alpha value is -2.84. The molecule has 2 aromatic rings. The number of aryl methyl sites for hydroxylation is 1. The van der Waals surface area contributed by atoms with Crippen LogP contribution in [-0.4, -0.2) is 35.3 Å². The fraction of sp³-hybridized carbons (Fsp3) is 0.353. The van der Waals surface area contributed by atoms with Crippen LogP contribution in [-0.2, 0) is 10.9 Å². The van der Waals surface area contributed by atoms with Crippen LogP contribution in [0.15, 0.2) is 24.4 Å². The van der Waals surface area contributed by atoms with E-state index in [2.05, 4.69) is 9.84 Å². The number of carbonyl (C=O) groups is 2. The molecule has 1 aromatic heterocycles. The van der Waals surface area contributed by atoms with Crippen LogP contribution in [0.2, 0.25) is 0 Å². The highest BCUT2D eigenvalue weighted by Gasteiger charge is 2.37. The van der Waals surface area contributed by atoms with Gasteiger partial charge in [0.25, 0.3) is 5.91 Å². The van der Waals surface area contributed by atoms with Gasteiger partial charge in [0, 0.05) is 12.2 Å². The second-order valence-electron chi connectivity index (χ2n) is 6.10. The summed E-state index contributed by atoms with van der Waals surface area (Å²) in [6.45, 7) is 3.36. The predicted octanol–water partition coefficient (Wildman–Crippen LogP) is 3.22. The zero-order chi connectivity index (χ0) is 19.2. The number of hydrogen-bond donors (Lipinski definition) is 0. The highest BCUT2D eigenvalue weighted by Crippen LogP contribution is 2.35. The number of ether oxygens (including phenoxy) is 1. The Kier molecular flexibility index (Phi) is 4.25. The Balaban J connectivity index is 2.04. The summed E-state index contributed by atoms with van der Waals surface area (Å²) in [7, 11) is 1.19. The van der Waals surface area contributed by atoms with Gasteiger partial charge in [-0.15, -0.1) is 0 Å². The summed E-state index contributed by atoms with van der Waals surface area (Å²) in [6.07, 6.45) is -3.20. The van der Waals surface area contributed by atoms with Crippen molar-refractivity contribution in [2.24, 2.45) is 0 Å². The van der Waals surface area contributed by atoms with Crippen LogP contribution < -0.4 is 4.90 Å². The molecule has 9 heteroatoms. The summed E-state index contributed by atoms with van der Waals surface area (Å²) < 4.78 is 45.0. The maximum Gasteiger partial charge on any atom is 0.416 e. The standard InChI is InChI=1S/C17H16F3N3O3/c1-9-6-11(4-5-13(9)17(18,19)20)22-8-10(2)23-14(15(22)24)12(7-21-23)16(25)26-3/h4-7,10H,8H2,1-3H3/t10-/m0/s1. The number of anilines is 1. The largest absolute Gasteiger partial charge is 0.465 e. The maximum atomic E-state index is 13.0. The Bertz CT molecular complexity index is 889. The second-order valence-corrected chi connectivity index (χ2v) is 6.10. The third kappa shape index (κ3) is 2.83. The molecule has 0 fully saturated rings. The summed E-state index contributed by atoms with van der Waals surface area (Å²) in [5, 5.41) is 4.07. The summed E-state index contributed by atoms with van der Waals surface area (Å²) in [4.78, 5) is 26.1. The van der Waals surface area contributed by atoms with E-state index >= 15 is 0 Å². The predicted molar refractivity (Wildman–Crippen MR) is 86.1 cm³/mol. The average Bonchev–Trinajstić information content (AvgIpc) is 3.02. The molecule has 26 heavy (non-hydrogen) atoms. The third-order valence-corrected chi connectivity index (χ3v) is 4.34. The molecule has 0 unspecified atom stereocenters. The first-order valence-corrected chi connectivity index (χ1v) is 7.80. The van der Waals surface area contributed by atoms with Crippen molar-refractivity contribution in [3.63, 3.8) is 0 Å². The Morgan fingerprint density at radius 3 is 2.62 bits per heavy atom. The number of rotatable bonds is 2. The van der Waals surface area contributed by atoms with Crippen molar-refractivity contribution in [3.8, 4) is 0 Å². The molecule has 0 saturated heterocycles. The molecule has 138 valence electrons. The molecule has 0 saturated carbocycles. The van der Waals surface area contributed by atoms with E-state index in [9.17, 15) is 22.8 Å². The quantitative estimate of drug-likeness (QED) is 0.765. The number of nitrogens with zero attached hydrogens (tertiary/aromatic N) is 3. The van der Waals surface area contributed by atoms with Gasteiger partial charge in [-0.05, 0) is 37.6 Å². The van der Waals surface area contributed by atoms with Crippen LogP contribution >= 0.6 is 0 Å². The summed E-state index contributed by atoms with van der Waals surface area (Å²) >= 11 is 0. The SMILES string of the molecule is COC(=O)c1cnn2c1C(=O)N(c1ccc(C(F)(F)F)c(C)c1)C[C@@H]2C. The molecule has 6 nitrogen and oxygen atoms in total. The van der Waals surface area contributed by atoms with Gasteiger partial charge in [0.2, 0.25) is 0 Å². The first-order chi connectivity index (χ1) is 12.1. The van der Waals surface area contributed by atoms with Gasteiger partial charge in [-0.2, -0.15) is 18.3 Å². The molecule has 1 amide bonds. The van der Waals surface area contributed by atoms with E-state index in [0.717, 1.165) is 6.07 Å². The van der Waals surface area contributed by atoms with Crippen LogP contribution in [0.25, 0.3) is 0 Å². The van der Waals surface area contributed by atoms with Gasteiger partial charge >= 0.3 is 12.1 Å². The first-order valence-electron chi connectivity index (χ1n) is 7.80. The third-order valence-electron chi connectivity index (χ3n) is 4.34. The number of aromatic nitrogens is 2. The van der Waals surface area contributed by atoms with E-state index in [1.807, 2.05) is 0 Å². The van der Waals surface area contributed by atoms with E-state index in [1.54, 1.807) is 6.92 Å². The molecular weight excluding hydrogens is 351 g/mol. The second kappa shape index (κ2) is 6.15. The van der Waals surface area contributed by atoms with Gasteiger partial charge < -0.3 is 9.64 Å². The van der Waals surface area contributed by atoms with Gasteiger partial charge in [0.1, 0.15) is 11.3 Å². The molecule has 1 aliphatic rings. The number of alkyl halides is 3. The molecule has 1 aliphatic heterocycles. The lowest BCUT2D eigenvalue weighted by Gasteiger charge is -2.32. The summed E-state index contributed by atoms with van der Waals surface area (Å²) in [6, 6.07) is 3.26. The molecule has 0 bridgehead atoms. The number of halogens is 3. The van der Waals surface area contributed by atoms with Crippen molar-refractivity contribution in [3.05, 3.63) is 46.8 Å². The van der Waals surface area contributed by atoms with Crippen molar-refractivity contribution < 1.29 is 27.5 Å². The minimum Gasteiger partial charge on any atom is -0.465 e. The van der Waals surface area contributed by atoms with E-state index in [4.69, 9.17) is 0 Å². The lowest BCUT2D eigenvalue weighted by molar-refractivity contribution is -0.138. The van der Waals surface area contributed by atoms with Crippen LogP contribution in [0.3, 0.4) is 0 Å². The Labute approximate surface area is 147 Å². The number of carbonyl (C=O) groups excluding carboxylic acids is 2. The number of fused-ring (bicyclic) bond motifs is 1. The van der Waals surface area contributed by atoms with Gasteiger partial charge in [0.05, 0.1) is 24.9 Å². The van der Waals surface area contributed by atoms with E-state index in [0.29, 0.717) is 5.69 Å². The lowest BCUT2D eigenvalue weighted by Crippen LogP contribution is -2.43. The highest BCUT2D eigenvalue weighted by atomic mass is 19.4. The molecule has 0 spiro atoms. The van der Waals surface area contributed by atoms with Crippen LogP contribution in [0, 0.1) is 6.92 Å². The minimum absolute atomic E-state index is 0.0164. The zero-order valence-corrected chi connectivity index (χ0v) is 14.3. The Morgan fingerprint density at radius 1 is 1.35 bits per heavy atom. The van der Waals surface area contributed by atoms with Crippen molar-refractivity contribution in [2.45, 2.75) is 26.1 Å². The fourth-order valence-corrected chi connectivity index (χ4v) is 3.08. The van der Waals surface area contributed by atoms with Crippen molar-refractivity contribution in [1.29, 1.82) is 0 Å². The molecular formula is C17H16F3N3O3. The smallest absolute Gasteiger partial charge is 0.416 e. The normalized spacial score (nSPS) is 17.2. The van der Waals surface area contributed by atoms with Crippen LogP contribution in [0.4, 0.5) is 18.9 Å². The van der Waals surface area contributed by atoms with E-state index in [1.165, 1.54) is 41.9 Å². The van der Waals surface area contributed by atoms with Gasteiger partial charge in [-0.1, -0.05) is 0 Å². The number of hydrogen-bond acceptors (Lipinski definition) is 4. The number of benzene rings is 1. The number of esters is 1. The minimum atomic E-state index is -4.46. The average molecular weight is 367 g/mol. The van der Waals surface area contributed by atoms with Crippen LogP contribution in [0.5, 0.6) is 0 Å². The molecule has 0 N–H and O–H groups in total. The zero-order valence-electron chi connectivity index (χ0n) is 14.3. The maximum absolute atomic E-state index is 13.0. The summed E-state index contributed by atoms with van der Waals surface area (Å²) in [5.74, 6) is -1.21. The lowest BCUT2D eigenvalue weighted by atomic mass is 10.0. The van der Waals surface area contributed by atoms with Gasteiger partial charge in [-0.25, -0.2) is 4.79 Å². The van der Waals surface area contributed by atoms with Crippen molar-refractivity contribution >= 4 is 17.6 Å². The monoisotopic (exact) mass is 367 g/mol. The van der Waals surface area contributed by atoms with Crippen molar-refractivity contribution in [2.75, 3.05) is 18.6 Å². The van der Waals surface area contributed by atoms with Gasteiger partial charge in [-0.3, -0.25) is 9.48 Å². The van der Waals surface area contributed by atoms with Crippen molar-refractivity contribution in [1.82, 2.24) is 9.78 Å². The topological polar surface area (TPSA) is 64.4 Å². The van der Waals surface area contributed by atoms with E-state index in [-0.39, 0.29) is 29.4 Å². The number of methoxy groups -OCH3 is 1. The summed E-state index contributed by atoms with van der Waals surface area (Å²) in [5.41, 5.74) is -0.316. The Morgan fingerprint density at radius 2 is 2.04 bits per heavy atom. The molecule has 0 aliphatic carbocycles. The molecule has 0 radical (unpaired) electrons. The number of amides is 1. The van der Waals surface area contributed by atoms with E-state index < -0.39 is 23.6 Å². The first kappa shape index (κ1) is 18.0.